The Morgan fingerprint density at radius 2 is 1.80 bits per heavy atom. The minimum atomic E-state index is -0.754. The van der Waals surface area contributed by atoms with Crippen LogP contribution >= 0.6 is 0 Å². The number of rotatable bonds is 2. The van der Waals surface area contributed by atoms with Crippen molar-refractivity contribution in [3.8, 4) is 0 Å². The van der Waals surface area contributed by atoms with E-state index in [1.165, 1.54) is 19.3 Å². The summed E-state index contributed by atoms with van der Waals surface area (Å²) in [6.45, 7) is 0.419. The maximum absolute atomic E-state index is 12.2. The van der Waals surface area contributed by atoms with E-state index in [1.807, 2.05) is 4.90 Å². The van der Waals surface area contributed by atoms with Gasteiger partial charge < -0.3 is 14.9 Å². The standard InChI is InChI=1S/C15H24N2O3/c1-16-11-3-2-4-12(16)8-13(7-11)17-9-10(15(19)20)5-6-14(17)18/h10-13H,2-9H2,1H3,(H,19,20). The van der Waals surface area contributed by atoms with Gasteiger partial charge in [-0.25, -0.2) is 0 Å². The van der Waals surface area contributed by atoms with Crippen molar-refractivity contribution in [1.82, 2.24) is 9.80 Å². The van der Waals surface area contributed by atoms with Crippen molar-refractivity contribution in [1.29, 1.82) is 0 Å². The second-order valence-electron chi connectivity index (χ2n) is 6.65. The highest BCUT2D eigenvalue weighted by molar-refractivity contribution is 5.80. The average molecular weight is 280 g/mol. The van der Waals surface area contributed by atoms with Crippen LogP contribution in [0.2, 0.25) is 0 Å². The number of aliphatic carboxylic acids is 1. The Bertz CT molecular complexity index is 398. The van der Waals surface area contributed by atoms with Crippen LogP contribution in [0.1, 0.15) is 44.9 Å². The Balaban J connectivity index is 1.71. The quantitative estimate of drug-likeness (QED) is 0.829. The lowest BCUT2D eigenvalue weighted by Crippen LogP contribution is -2.58. The molecule has 2 bridgehead atoms. The molecule has 0 spiro atoms. The van der Waals surface area contributed by atoms with Crippen LogP contribution in [-0.2, 0) is 9.59 Å². The van der Waals surface area contributed by atoms with Gasteiger partial charge in [-0.05, 0) is 39.2 Å². The summed E-state index contributed by atoms with van der Waals surface area (Å²) in [6, 6.07) is 1.41. The molecule has 3 atom stereocenters. The van der Waals surface area contributed by atoms with Crippen molar-refractivity contribution in [2.24, 2.45) is 5.92 Å². The zero-order chi connectivity index (χ0) is 14.3. The molecule has 0 saturated carbocycles. The molecule has 1 N–H and O–H groups in total. The highest BCUT2D eigenvalue weighted by Crippen LogP contribution is 2.36. The molecular formula is C15H24N2O3. The summed E-state index contributed by atoms with van der Waals surface area (Å²) < 4.78 is 0. The van der Waals surface area contributed by atoms with Crippen LogP contribution in [0.25, 0.3) is 0 Å². The van der Waals surface area contributed by atoms with Crippen LogP contribution in [-0.4, -0.2) is 58.5 Å². The van der Waals surface area contributed by atoms with Gasteiger partial charge in [-0.3, -0.25) is 9.59 Å². The number of carboxylic acids is 1. The number of piperidine rings is 3. The number of amides is 1. The molecule has 3 aliphatic heterocycles. The number of fused-ring (bicyclic) bond motifs is 2. The van der Waals surface area contributed by atoms with E-state index >= 15 is 0 Å². The number of hydrogen-bond acceptors (Lipinski definition) is 3. The van der Waals surface area contributed by atoms with Crippen molar-refractivity contribution in [3.05, 3.63) is 0 Å². The third kappa shape index (κ3) is 2.43. The molecule has 3 fully saturated rings. The molecule has 0 aromatic rings. The Morgan fingerprint density at radius 3 is 2.40 bits per heavy atom. The van der Waals surface area contributed by atoms with Crippen LogP contribution in [0.3, 0.4) is 0 Å². The van der Waals surface area contributed by atoms with E-state index in [9.17, 15) is 14.7 Å². The first kappa shape index (κ1) is 13.9. The number of hydrogen-bond donors (Lipinski definition) is 1. The Hall–Kier alpha value is -1.10. The van der Waals surface area contributed by atoms with E-state index < -0.39 is 5.97 Å². The first-order valence-corrected chi connectivity index (χ1v) is 7.80. The first-order valence-electron chi connectivity index (χ1n) is 7.80. The predicted molar refractivity (Wildman–Crippen MR) is 74.3 cm³/mol. The molecule has 1 amide bonds. The average Bonchev–Trinajstić information content (AvgIpc) is 2.39. The fraction of sp³-hybridized carbons (Fsp3) is 0.867. The fourth-order valence-corrected chi connectivity index (χ4v) is 4.27. The molecule has 112 valence electrons. The predicted octanol–water partition coefficient (Wildman–Crippen LogP) is 1.32. The van der Waals surface area contributed by atoms with E-state index in [1.54, 1.807) is 0 Å². The van der Waals surface area contributed by atoms with Gasteiger partial charge in [0.25, 0.3) is 0 Å². The molecule has 5 heteroatoms. The molecule has 0 aliphatic carbocycles. The van der Waals surface area contributed by atoms with Gasteiger partial charge in [0.15, 0.2) is 0 Å². The lowest BCUT2D eigenvalue weighted by Gasteiger charge is -2.50. The minimum Gasteiger partial charge on any atom is -0.481 e. The zero-order valence-corrected chi connectivity index (χ0v) is 12.1. The van der Waals surface area contributed by atoms with Crippen molar-refractivity contribution >= 4 is 11.9 Å². The maximum atomic E-state index is 12.2. The highest BCUT2D eigenvalue weighted by atomic mass is 16.4. The van der Waals surface area contributed by atoms with E-state index in [4.69, 9.17) is 0 Å². The largest absolute Gasteiger partial charge is 0.481 e. The van der Waals surface area contributed by atoms with Crippen molar-refractivity contribution in [3.63, 3.8) is 0 Å². The second-order valence-corrected chi connectivity index (χ2v) is 6.65. The number of nitrogens with zero attached hydrogens (tertiary/aromatic N) is 2. The van der Waals surface area contributed by atoms with Gasteiger partial charge in [-0.2, -0.15) is 0 Å². The zero-order valence-electron chi connectivity index (χ0n) is 12.1. The van der Waals surface area contributed by atoms with E-state index in [2.05, 4.69) is 11.9 Å². The van der Waals surface area contributed by atoms with E-state index in [0.29, 0.717) is 31.5 Å². The molecule has 20 heavy (non-hydrogen) atoms. The lowest BCUT2D eigenvalue weighted by atomic mass is 9.80. The second kappa shape index (κ2) is 5.35. The SMILES string of the molecule is CN1C2CCCC1CC(N1CC(C(=O)O)CCC1=O)C2. The van der Waals surface area contributed by atoms with Crippen molar-refractivity contribution in [2.45, 2.75) is 63.1 Å². The number of carbonyl (C=O) groups is 2. The summed E-state index contributed by atoms with van der Waals surface area (Å²) in [5.74, 6) is -0.960. The van der Waals surface area contributed by atoms with Crippen molar-refractivity contribution < 1.29 is 14.7 Å². The minimum absolute atomic E-state index is 0.162. The summed E-state index contributed by atoms with van der Waals surface area (Å²) in [4.78, 5) is 27.7. The summed E-state index contributed by atoms with van der Waals surface area (Å²) in [6.07, 6.45) is 6.67. The third-order valence-corrected chi connectivity index (χ3v) is 5.55. The first-order chi connectivity index (χ1) is 9.56. The molecule has 0 aromatic heterocycles. The molecule has 3 aliphatic rings. The molecular weight excluding hydrogens is 256 g/mol. The highest BCUT2D eigenvalue weighted by Gasteiger charge is 2.41. The monoisotopic (exact) mass is 280 g/mol. The third-order valence-electron chi connectivity index (χ3n) is 5.55. The van der Waals surface area contributed by atoms with Gasteiger partial charge in [0.05, 0.1) is 5.92 Å². The van der Waals surface area contributed by atoms with Crippen LogP contribution in [0.5, 0.6) is 0 Å². The number of carbonyl (C=O) groups excluding carboxylic acids is 1. The summed E-state index contributed by atoms with van der Waals surface area (Å²) in [5, 5.41) is 9.20. The van der Waals surface area contributed by atoms with Gasteiger partial charge in [-0.15, -0.1) is 0 Å². The normalized spacial score (nSPS) is 38.9. The Kier molecular flexibility index (Phi) is 3.71. The number of carboxylic acid groups (broad SMARTS) is 1. The van der Waals surface area contributed by atoms with Crippen LogP contribution in [0, 0.1) is 5.92 Å². The van der Waals surface area contributed by atoms with Crippen LogP contribution in [0.15, 0.2) is 0 Å². The van der Waals surface area contributed by atoms with Crippen LogP contribution in [0.4, 0.5) is 0 Å². The maximum Gasteiger partial charge on any atom is 0.308 e. The Morgan fingerprint density at radius 1 is 1.15 bits per heavy atom. The Labute approximate surface area is 119 Å². The van der Waals surface area contributed by atoms with Crippen LogP contribution < -0.4 is 0 Å². The molecule has 3 heterocycles. The lowest BCUT2D eigenvalue weighted by molar-refractivity contribution is -0.150. The van der Waals surface area contributed by atoms with Crippen molar-refractivity contribution in [2.75, 3.05) is 13.6 Å². The van der Waals surface area contributed by atoms with Gasteiger partial charge in [0, 0.05) is 31.1 Å². The topological polar surface area (TPSA) is 60.9 Å². The number of likely N-dealkylation sites (tertiary alicyclic amines) is 1. The smallest absolute Gasteiger partial charge is 0.308 e. The van der Waals surface area contributed by atoms with Gasteiger partial charge >= 0.3 is 5.97 Å². The molecule has 0 radical (unpaired) electrons. The van der Waals surface area contributed by atoms with Gasteiger partial charge in [0.1, 0.15) is 0 Å². The molecule has 3 rings (SSSR count). The van der Waals surface area contributed by atoms with E-state index in [0.717, 1.165) is 12.8 Å². The van der Waals surface area contributed by atoms with Gasteiger partial charge in [-0.1, -0.05) is 6.42 Å². The summed E-state index contributed by atoms with van der Waals surface area (Å²) >= 11 is 0. The molecule has 3 saturated heterocycles. The fourth-order valence-electron chi connectivity index (χ4n) is 4.27. The summed E-state index contributed by atoms with van der Waals surface area (Å²) in [7, 11) is 2.20. The summed E-state index contributed by atoms with van der Waals surface area (Å²) in [5.41, 5.74) is 0. The van der Waals surface area contributed by atoms with Gasteiger partial charge in [0.2, 0.25) is 5.91 Å². The molecule has 3 unspecified atom stereocenters. The molecule has 0 aromatic carbocycles. The molecule has 5 nitrogen and oxygen atoms in total. The van der Waals surface area contributed by atoms with E-state index in [-0.39, 0.29) is 17.9 Å².